The zero-order valence-corrected chi connectivity index (χ0v) is 13.3. The first-order valence-corrected chi connectivity index (χ1v) is 7.60. The molecule has 0 aliphatic carbocycles. The summed E-state index contributed by atoms with van der Waals surface area (Å²) in [6, 6.07) is 21.1. The van der Waals surface area contributed by atoms with Crippen molar-refractivity contribution in [1.82, 2.24) is 4.98 Å². The van der Waals surface area contributed by atoms with E-state index in [9.17, 15) is 0 Å². The number of benzene rings is 2. The van der Waals surface area contributed by atoms with Gasteiger partial charge in [-0.1, -0.05) is 42.5 Å². The van der Waals surface area contributed by atoms with Gasteiger partial charge in [0.2, 0.25) is 0 Å². The lowest BCUT2D eigenvalue weighted by molar-refractivity contribution is 1.27. The number of hydrogen-bond acceptors (Lipinski definition) is 1. The Bertz CT molecular complexity index is 735. The average molecular weight is 371 g/mol. The molecule has 20 heavy (non-hydrogen) atoms. The van der Waals surface area contributed by atoms with Gasteiger partial charge in [0.25, 0.3) is 0 Å². The van der Waals surface area contributed by atoms with Crippen LogP contribution >= 0.6 is 22.6 Å². The van der Waals surface area contributed by atoms with Crippen molar-refractivity contribution in [2.75, 3.05) is 0 Å². The second kappa shape index (κ2) is 5.75. The molecule has 0 N–H and O–H groups in total. The fourth-order valence-electron chi connectivity index (χ4n) is 2.28. The van der Waals surface area contributed by atoms with Crippen molar-refractivity contribution in [1.29, 1.82) is 0 Å². The van der Waals surface area contributed by atoms with Crippen LogP contribution in [-0.4, -0.2) is 4.98 Å². The van der Waals surface area contributed by atoms with Gasteiger partial charge in [0, 0.05) is 15.3 Å². The lowest BCUT2D eigenvalue weighted by atomic mass is 10.00. The van der Waals surface area contributed by atoms with Gasteiger partial charge in [0.05, 0.1) is 5.69 Å². The molecule has 0 unspecified atom stereocenters. The van der Waals surface area contributed by atoms with Gasteiger partial charge in [0.1, 0.15) is 0 Å². The quantitative estimate of drug-likeness (QED) is 0.555. The number of hydrogen-bond donors (Lipinski definition) is 0. The zero-order chi connectivity index (χ0) is 13.9. The second-order valence-electron chi connectivity index (χ2n) is 4.73. The van der Waals surface area contributed by atoms with Crippen molar-refractivity contribution in [3.05, 3.63) is 76.0 Å². The maximum Gasteiger partial charge on any atom is 0.0741 e. The van der Waals surface area contributed by atoms with Gasteiger partial charge in [-0.2, -0.15) is 0 Å². The van der Waals surface area contributed by atoms with E-state index in [1.165, 1.54) is 25.8 Å². The molecule has 0 aliphatic rings. The topological polar surface area (TPSA) is 12.9 Å². The van der Waals surface area contributed by atoms with E-state index >= 15 is 0 Å². The predicted molar refractivity (Wildman–Crippen MR) is 92.6 cm³/mol. The molecule has 3 aromatic rings. The molecule has 0 spiro atoms. The van der Waals surface area contributed by atoms with Crippen LogP contribution in [0.15, 0.2) is 66.9 Å². The molecule has 98 valence electrons. The van der Waals surface area contributed by atoms with Gasteiger partial charge in [0.15, 0.2) is 0 Å². The molecule has 0 bridgehead atoms. The summed E-state index contributed by atoms with van der Waals surface area (Å²) in [6.07, 6.45) is 1.85. The minimum atomic E-state index is 1.06. The molecule has 1 heterocycles. The third kappa shape index (κ3) is 2.61. The molecule has 2 heteroatoms. The Kier molecular flexibility index (Phi) is 3.83. The third-order valence-electron chi connectivity index (χ3n) is 3.34. The van der Waals surface area contributed by atoms with Gasteiger partial charge in [-0.3, -0.25) is 4.98 Å². The summed E-state index contributed by atoms with van der Waals surface area (Å²) in [5.41, 5.74) is 5.93. The molecule has 1 aromatic heterocycles. The van der Waals surface area contributed by atoms with E-state index in [2.05, 4.69) is 83.0 Å². The van der Waals surface area contributed by atoms with Crippen LogP contribution in [0.4, 0.5) is 0 Å². The highest BCUT2D eigenvalue weighted by atomic mass is 127. The number of halogens is 1. The van der Waals surface area contributed by atoms with Crippen molar-refractivity contribution < 1.29 is 0 Å². The van der Waals surface area contributed by atoms with Gasteiger partial charge < -0.3 is 0 Å². The van der Waals surface area contributed by atoms with Crippen molar-refractivity contribution in [3.8, 4) is 22.4 Å². The number of aryl methyl sites for hydroxylation is 1. The van der Waals surface area contributed by atoms with E-state index in [1.54, 1.807) is 0 Å². The fraction of sp³-hybridized carbons (Fsp3) is 0.0556. The number of aromatic nitrogens is 1. The first kappa shape index (κ1) is 13.3. The molecule has 2 aromatic carbocycles. The summed E-state index contributed by atoms with van der Waals surface area (Å²) >= 11 is 2.38. The van der Waals surface area contributed by atoms with Crippen LogP contribution in [0.5, 0.6) is 0 Å². The third-order valence-corrected chi connectivity index (χ3v) is 4.28. The Morgan fingerprint density at radius 1 is 0.850 bits per heavy atom. The fourth-order valence-corrected chi connectivity index (χ4v) is 2.88. The molecular weight excluding hydrogens is 357 g/mol. The van der Waals surface area contributed by atoms with Gasteiger partial charge in [-0.15, -0.1) is 0 Å². The highest BCUT2D eigenvalue weighted by Gasteiger charge is 2.09. The first-order chi connectivity index (χ1) is 9.75. The van der Waals surface area contributed by atoms with E-state index in [1.807, 2.05) is 18.3 Å². The van der Waals surface area contributed by atoms with E-state index in [0.29, 0.717) is 0 Å². The summed E-state index contributed by atoms with van der Waals surface area (Å²) < 4.78 is 1.23. The van der Waals surface area contributed by atoms with Crippen LogP contribution in [0.3, 0.4) is 0 Å². The van der Waals surface area contributed by atoms with E-state index < -0.39 is 0 Å². The number of rotatable bonds is 2. The van der Waals surface area contributed by atoms with Crippen LogP contribution in [0, 0.1) is 10.5 Å². The Labute approximate surface area is 132 Å². The minimum Gasteiger partial charge on any atom is -0.256 e. The SMILES string of the molecule is Cc1cccnc1-c1cc(-c2ccccc2)ccc1I. The van der Waals surface area contributed by atoms with E-state index in [4.69, 9.17) is 0 Å². The number of nitrogens with zero attached hydrogens (tertiary/aromatic N) is 1. The molecule has 0 atom stereocenters. The Morgan fingerprint density at radius 3 is 2.40 bits per heavy atom. The van der Waals surface area contributed by atoms with Crippen molar-refractivity contribution in [3.63, 3.8) is 0 Å². The maximum absolute atomic E-state index is 4.54. The molecule has 0 radical (unpaired) electrons. The molecule has 0 amide bonds. The smallest absolute Gasteiger partial charge is 0.0741 e. The molecule has 0 fully saturated rings. The Hall–Kier alpha value is -1.68. The van der Waals surface area contributed by atoms with Crippen molar-refractivity contribution in [2.24, 2.45) is 0 Å². The Balaban J connectivity index is 2.15. The molecule has 3 rings (SSSR count). The van der Waals surface area contributed by atoms with Gasteiger partial charge >= 0.3 is 0 Å². The van der Waals surface area contributed by atoms with Crippen LogP contribution in [0.2, 0.25) is 0 Å². The summed E-state index contributed by atoms with van der Waals surface area (Å²) in [4.78, 5) is 4.54. The highest BCUT2D eigenvalue weighted by molar-refractivity contribution is 14.1. The normalized spacial score (nSPS) is 10.5. The second-order valence-corrected chi connectivity index (χ2v) is 5.89. The predicted octanol–water partition coefficient (Wildman–Crippen LogP) is 5.33. The lowest BCUT2D eigenvalue weighted by Gasteiger charge is -2.10. The zero-order valence-electron chi connectivity index (χ0n) is 11.2. The molecule has 0 saturated carbocycles. The highest BCUT2D eigenvalue weighted by Crippen LogP contribution is 2.30. The van der Waals surface area contributed by atoms with Crippen molar-refractivity contribution >= 4 is 22.6 Å². The van der Waals surface area contributed by atoms with Gasteiger partial charge in [-0.05, 0) is 64.4 Å². The average Bonchev–Trinajstić information content (AvgIpc) is 2.49. The monoisotopic (exact) mass is 371 g/mol. The molecule has 0 saturated heterocycles. The molecular formula is C18H14IN. The standard InChI is InChI=1S/C18H14IN/c1-13-6-5-11-20-18(13)16-12-15(9-10-17(16)19)14-7-3-2-4-8-14/h2-12H,1H3. The van der Waals surface area contributed by atoms with Crippen LogP contribution in [0.25, 0.3) is 22.4 Å². The summed E-state index contributed by atoms with van der Waals surface area (Å²) in [5.74, 6) is 0. The minimum absolute atomic E-state index is 1.06. The largest absolute Gasteiger partial charge is 0.256 e. The molecule has 1 nitrogen and oxygen atoms in total. The summed E-state index contributed by atoms with van der Waals surface area (Å²) in [7, 11) is 0. The van der Waals surface area contributed by atoms with Crippen LogP contribution in [0.1, 0.15) is 5.56 Å². The molecule has 0 aliphatic heterocycles. The maximum atomic E-state index is 4.54. The lowest BCUT2D eigenvalue weighted by Crippen LogP contribution is -1.91. The van der Waals surface area contributed by atoms with Crippen LogP contribution < -0.4 is 0 Å². The summed E-state index contributed by atoms with van der Waals surface area (Å²) in [5, 5.41) is 0. The Morgan fingerprint density at radius 2 is 1.65 bits per heavy atom. The van der Waals surface area contributed by atoms with E-state index in [-0.39, 0.29) is 0 Å². The van der Waals surface area contributed by atoms with Crippen molar-refractivity contribution in [2.45, 2.75) is 6.92 Å². The number of pyridine rings is 1. The van der Waals surface area contributed by atoms with Crippen LogP contribution in [-0.2, 0) is 0 Å². The summed E-state index contributed by atoms with van der Waals surface area (Å²) in [6.45, 7) is 2.10. The first-order valence-electron chi connectivity index (χ1n) is 6.52. The van der Waals surface area contributed by atoms with Gasteiger partial charge in [-0.25, -0.2) is 0 Å². The van der Waals surface area contributed by atoms with E-state index in [0.717, 1.165) is 5.69 Å².